The number of rotatable bonds is 21. The predicted octanol–water partition coefficient (Wildman–Crippen LogP) is 7.97. The Hall–Kier alpha value is -0.610. The van der Waals surface area contributed by atoms with Crippen molar-refractivity contribution < 1.29 is 19.0 Å². The van der Waals surface area contributed by atoms with Crippen molar-refractivity contribution in [1.29, 1.82) is 0 Å². The molecule has 0 aromatic rings. The quantitative estimate of drug-likeness (QED) is 0.134. The van der Waals surface area contributed by atoms with E-state index in [9.17, 15) is 4.79 Å². The highest BCUT2D eigenvalue weighted by molar-refractivity contribution is 5.69. The molecule has 2 unspecified atom stereocenters. The molecular formula is C27H52O4. The van der Waals surface area contributed by atoms with Gasteiger partial charge in [0.05, 0.1) is 6.61 Å². The van der Waals surface area contributed by atoms with Gasteiger partial charge in [-0.3, -0.25) is 4.79 Å². The molecule has 0 aliphatic carbocycles. The van der Waals surface area contributed by atoms with Gasteiger partial charge in [-0.2, -0.15) is 0 Å². The van der Waals surface area contributed by atoms with E-state index in [1.165, 1.54) is 89.9 Å². The number of unbranched alkanes of at least 4 members (excludes halogenated alkanes) is 10. The van der Waals surface area contributed by atoms with Crippen LogP contribution in [0.4, 0.5) is 0 Å². The Morgan fingerprint density at radius 3 is 2.23 bits per heavy atom. The summed E-state index contributed by atoms with van der Waals surface area (Å²) >= 11 is 0. The first-order chi connectivity index (χ1) is 15.3. The number of hydrogen-bond donors (Lipinski definition) is 0. The van der Waals surface area contributed by atoms with Crippen LogP contribution in [0.2, 0.25) is 0 Å². The first-order valence-electron chi connectivity index (χ1n) is 13.6. The van der Waals surface area contributed by atoms with Gasteiger partial charge in [0, 0.05) is 19.6 Å². The standard InChI is InChI=1S/C27H52O4/c1-3-5-7-13-19-25(18-6-4-2)24-31-26(28)20-14-11-9-8-10-12-16-22-29-27-21-15-17-23-30-27/h25,27H,3-24H2,1-2H3. The summed E-state index contributed by atoms with van der Waals surface area (Å²) in [5.41, 5.74) is 0. The minimum Gasteiger partial charge on any atom is -0.465 e. The van der Waals surface area contributed by atoms with Gasteiger partial charge in [-0.25, -0.2) is 0 Å². The summed E-state index contributed by atoms with van der Waals surface area (Å²) in [7, 11) is 0. The molecule has 31 heavy (non-hydrogen) atoms. The van der Waals surface area contributed by atoms with Crippen molar-refractivity contribution in [3.05, 3.63) is 0 Å². The molecule has 1 heterocycles. The average molecular weight is 441 g/mol. The summed E-state index contributed by atoms with van der Waals surface area (Å²) in [6, 6.07) is 0. The third kappa shape index (κ3) is 17.6. The van der Waals surface area contributed by atoms with Gasteiger partial charge in [0.15, 0.2) is 6.29 Å². The van der Waals surface area contributed by atoms with E-state index < -0.39 is 0 Å². The Labute approximate surface area is 193 Å². The Bertz CT molecular complexity index is 393. The van der Waals surface area contributed by atoms with Crippen LogP contribution in [0.3, 0.4) is 0 Å². The highest BCUT2D eigenvalue weighted by atomic mass is 16.7. The lowest BCUT2D eigenvalue weighted by atomic mass is 9.96. The molecule has 1 saturated heterocycles. The molecule has 0 amide bonds. The molecule has 0 bridgehead atoms. The zero-order chi connectivity index (χ0) is 22.4. The maximum atomic E-state index is 12.1. The second kappa shape index (κ2) is 21.2. The van der Waals surface area contributed by atoms with Crippen LogP contribution in [-0.4, -0.2) is 32.1 Å². The minimum absolute atomic E-state index is 0.0112. The Morgan fingerprint density at radius 2 is 1.52 bits per heavy atom. The second-order valence-electron chi connectivity index (χ2n) is 9.43. The monoisotopic (exact) mass is 440 g/mol. The molecule has 4 heteroatoms. The SMILES string of the molecule is CCCCCCC(CCCC)COC(=O)CCCCCCCCCOC1CCCCO1. The van der Waals surface area contributed by atoms with E-state index in [1.54, 1.807) is 0 Å². The van der Waals surface area contributed by atoms with Crippen LogP contribution in [0.5, 0.6) is 0 Å². The van der Waals surface area contributed by atoms with Gasteiger partial charge in [-0.1, -0.05) is 84.5 Å². The molecule has 0 aromatic carbocycles. The van der Waals surface area contributed by atoms with Crippen molar-refractivity contribution in [3.63, 3.8) is 0 Å². The van der Waals surface area contributed by atoms with E-state index in [-0.39, 0.29) is 12.3 Å². The molecule has 4 nitrogen and oxygen atoms in total. The summed E-state index contributed by atoms with van der Waals surface area (Å²) in [6.45, 7) is 6.81. The first kappa shape index (κ1) is 28.4. The molecule has 1 fully saturated rings. The van der Waals surface area contributed by atoms with Crippen LogP contribution in [0.1, 0.15) is 136 Å². The van der Waals surface area contributed by atoms with Gasteiger partial charge in [0.2, 0.25) is 0 Å². The topological polar surface area (TPSA) is 44.8 Å². The largest absolute Gasteiger partial charge is 0.465 e. The third-order valence-corrected chi connectivity index (χ3v) is 6.38. The van der Waals surface area contributed by atoms with Gasteiger partial charge in [0.25, 0.3) is 0 Å². The van der Waals surface area contributed by atoms with E-state index in [4.69, 9.17) is 14.2 Å². The van der Waals surface area contributed by atoms with Crippen LogP contribution in [0, 0.1) is 5.92 Å². The molecule has 0 saturated carbocycles. The van der Waals surface area contributed by atoms with Crippen LogP contribution in [0.25, 0.3) is 0 Å². The highest BCUT2D eigenvalue weighted by Gasteiger charge is 2.13. The number of ether oxygens (including phenoxy) is 3. The van der Waals surface area contributed by atoms with Gasteiger partial charge in [-0.15, -0.1) is 0 Å². The molecule has 184 valence electrons. The average Bonchev–Trinajstić information content (AvgIpc) is 2.79. The van der Waals surface area contributed by atoms with Crippen molar-refractivity contribution in [1.82, 2.24) is 0 Å². The van der Waals surface area contributed by atoms with Crippen LogP contribution in [0.15, 0.2) is 0 Å². The minimum atomic E-state index is 0.0112. The molecule has 0 radical (unpaired) electrons. The normalized spacial score (nSPS) is 17.5. The van der Waals surface area contributed by atoms with E-state index in [0.29, 0.717) is 18.9 Å². The Balaban J connectivity index is 1.91. The number of esters is 1. The lowest BCUT2D eigenvalue weighted by molar-refractivity contribution is -0.162. The molecule has 0 spiro atoms. The number of carbonyl (C=O) groups excluding carboxylic acids is 1. The summed E-state index contributed by atoms with van der Waals surface area (Å²) < 4.78 is 17.0. The van der Waals surface area contributed by atoms with Gasteiger partial charge in [0.1, 0.15) is 0 Å². The molecule has 1 rings (SSSR count). The zero-order valence-corrected chi connectivity index (χ0v) is 20.8. The molecular weight excluding hydrogens is 388 g/mol. The van der Waals surface area contributed by atoms with E-state index in [2.05, 4.69) is 13.8 Å². The zero-order valence-electron chi connectivity index (χ0n) is 20.8. The van der Waals surface area contributed by atoms with Gasteiger partial charge < -0.3 is 14.2 Å². The van der Waals surface area contributed by atoms with Gasteiger partial charge in [-0.05, 0) is 50.9 Å². The lowest BCUT2D eigenvalue weighted by Gasteiger charge is -2.22. The maximum absolute atomic E-state index is 12.1. The molecule has 0 aromatic heterocycles. The third-order valence-electron chi connectivity index (χ3n) is 6.38. The summed E-state index contributed by atoms with van der Waals surface area (Å²) in [5.74, 6) is 0.576. The van der Waals surface area contributed by atoms with Crippen LogP contribution >= 0.6 is 0 Å². The smallest absolute Gasteiger partial charge is 0.305 e. The fourth-order valence-corrected chi connectivity index (χ4v) is 4.26. The summed E-state index contributed by atoms with van der Waals surface area (Å²) in [5, 5.41) is 0. The predicted molar refractivity (Wildman–Crippen MR) is 129 cm³/mol. The van der Waals surface area contributed by atoms with Crippen LogP contribution < -0.4 is 0 Å². The van der Waals surface area contributed by atoms with Crippen molar-refractivity contribution in [2.24, 2.45) is 5.92 Å². The summed E-state index contributed by atoms with van der Waals surface area (Å²) in [6.07, 6.45) is 22.4. The van der Waals surface area contributed by atoms with Crippen molar-refractivity contribution in [2.75, 3.05) is 19.8 Å². The van der Waals surface area contributed by atoms with E-state index >= 15 is 0 Å². The second-order valence-corrected chi connectivity index (χ2v) is 9.43. The van der Waals surface area contributed by atoms with E-state index in [1.807, 2.05) is 0 Å². The fraction of sp³-hybridized carbons (Fsp3) is 0.963. The van der Waals surface area contributed by atoms with Crippen molar-refractivity contribution >= 4 is 5.97 Å². The maximum Gasteiger partial charge on any atom is 0.305 e. The molecule has 1 aliphatic heterocycles. The Kier molecular flexibility index (Phi) is 19.5. The molecule has 0 N–H and O–H groups in total. The highest BCUT2D eigenvalue weighted by Crippen LogP contribution is 2.19. The molecule has 2 atom stereocenters. The van der Waals surface area contributed by atoms with Gasteiger partial charge >= 0.3 is 5.97 Å². The molecule has 1 aliphatic rings. The Morgan fingerprint density at radius 1 is 0.839 bits per heavy atom. The number of hydrogen-bond acceptors (Lipinski definition) is 4. The van der Waals surface area contributed by atoms with Crippen LogP contribution in [-0.2, 0) is 19.0 Å². The van der Waals surface area contributed by atoms with Crippen molar-refractivity contribution in [3.8, 4) is 0 Å². The fourth-order valence-electron chi connectivity index (χ4n) is 4.26. The lowest BCUT2D eigenvalue weighted by Crippen LogP contribution is -2.22. The summed E-state index contributed by atoms with van der Waals surface area (Å²) in [4.78, 5) is 12.1. The number of carbonyl (C=O) groups is 1. The van der Waals surface area contributed by atoms with E-state index in [0.717, 1.165) is 38.9 Å². The first-order valence-corrected chi connectivity index (χ1v) is 13.6. The van der Waals surface area contributed by atoms with Crippen molar-refractivity contribution in [2.45, 2.75) is 142 Å².